The molecular formula is C12H14ClN3O2. The Morgan fingerprint density at radius 3 is 2.61 bits per heavy atom. The number of aromatic nitrogens is 2. The lowest BCUT2D eigenvalue weighted by atomic mass is 10.1. The van der Waals surface area contributed by atoms with Crippen molar-refractivity contribution in [1.82, 2.24) is 10.2 Å². The van der Waals surface area contributed by atoms with Crippen molar-refractivity contribution in [3.05, 3.63) is 35.7 Å². The van der Waals surface area contributed by atoms with Gasteiger partial charge in [0.2, 0.25) is 5.89 Å². The lowest BCUT2D eigenvalue weighted by Crippen LogP contribution is -1.93. The van der Waals surface area contributed by atoms with Crippen molar-refractivity contribution in [1.29, 1.82) is 0 Å². The number of hydrogen-bond donors (Lipinski definition) is 2. The molecule has 0 aliphatic carbocycles. The number of nitrogens with one attached hydrogen (secondary N) is 1. The van der Waals surface area contributed by atoms with Gasteiger partial charge < -0.3 is 14.8 Å². The Kier molecular flexibility index (Phi) is 4.55. The van der Waals surface area contributed by atoms with E-state index in [4.69, 9.17) is 21.1 Å². The summed E-state index contributed by atoms with van der Waals surface area (Å²) in [6.45, 7) is 0.151. The molecule has 0 unspecified atom stereocenters. The molecule has 0 saturated heterocycles. The molecule has 2 N–H and O–H groups in total. The summed E-state index contributed by atoms with van der Waals surface area (Å²) in [5.41, 5.74) is 1.94. The molecule has 1 aromatic heterocycles. The third kappa shape index (κ3) is 3.45. The number of aliphatic hydroxyl groups is 1. The maximum Gasteiger partial charge on any atom is 0.320 e. The fourth-order valence-corrected chi connectivity index (χ4v) is 1.65. The second-order valence-corrected chi connectivity index (χ2v) is 4.11. The molecule has 0 atom stereocenters. The van der Waals surface area contributed by atoms with Crippen LogP contribution in [0.25, 0.3) is 0 Å². The van der Waals surface area contributed by atoms with Crippen molar-refractivity contribution in [3.8, 4) is 0 Å². The van der Waals surface area contributed by atoms with Crippen LogP contribution < -0.4 is 5.32 Å². The van der Waals surface area contributed by atoms with Crippen LogP contribution in [0.3, 0.4) is 0 Å². The highest BCUT2D eigenvalue weighted by Gasteiger charge is 2.05. The van der Waals surface area contributed by atoms with Gasteiger partial charge in [-0.25, -0.2) is 0 Å². The number of hydrogen-bond acceptors (Lipinski definition) is 5. The van der Waals surface area contributed by atoms with Gasteiger partial charge in [0.25, 0.3) is 0 Å². The van der Waals surface area contributed by atoms with Crippen LogP contribution in [0, 0.1) is 0 Å². The highest BCUT2D eigenvalue weighted by Crippen LogP contribution is 2.16. The molecule has 0 radical (unpaired) electrons. The minimum absolute atomic E-state index is 0.151. The van der Waals surface area contributed by atoms with Gasteiger partial charge in [-0.15, -0.1) is 16.7 Å². The first kappa shape index (κ1) is 12.9. The summed E-state index contributed by atoms with van der Waals surface area (Å²) in [5.74, 6) is 0.974. The van der Waals surface area contributed by atoms with E-state index in [1.807, 2.05) is 24.3 Å². The van der Waals surface area contributed by atoms with Gasteiger partial charge >= 0.3 is 6.01 Å². The van der Waals surface area contributed by atoms with Gasteiger partial charge in [0.1, 0.15) is 0 Å². The molecule has 1 aromatic carbocycles. The summed E-state index contributed by atoms with van der Waals surface area (Å²) in [7, 11) is 0. The molecule has 0 aliphatic heterocycles. The van der Waals surface area contributed by atoms with Crippen LogP contribution in [-0.4, -0.2) is 27.8 Å². The van der Waals surface area contributed by atoms with E-state index in [2.05, 4.69) is 15.5 Å². The van der Waals surface area contributed by atoms with Gasteiger partial charge in [-0.3, -0.25) is 0 Å². The summed E-state index contributed by atoms with van der Waals surface area (Å²) in [4.78, 5) is 0. The van der Waals surface area contributed by atoms with Crippen molar-refractivity contribution in [3.63, 3.8) is 0 Å². The van der Waals surface area contributed by atoms with Crippen LogP contribution in [0.15, 0.2) is 28.7 Å². The van der Waals surface area contributed by atoms with E-state index in [0.29, 0.717) is 30.6 Å². The van der Waals surface area contributed by atoms with Crippen molar-refractivity contribution in [2.24, 2.45) is 0 Å². The van der Waals surface area contributed by atoms with Crippen molar-refractivity contribution in [2.45, 2.75) is 12.8 Å². The lowest BCUT2D eigenvalue weighted by Gasteiger charge is -2.02. The van der Waals surface area contributed by atoms with Crippen LogP contribution >= 0.6 is 11.6 Å². The number of aliphatic hydroxyl groups excluding tert-OH is 1. The zero-order valence-corrected chi connectivity index (χ0v) is 10.5. The predicted octanol–water partition coefficient (Wildman–Crippen LogP) is 2.13. The molecule has 0 amide bonds. The van der Waals surface area contributed by atoms with E-state index in [1.54, 1.807) is 0 Å². The molecule has 0 saturated carbocycles. The number of aryl methyl sites for hydroxylation is 1. The molecule has 5 nitrogen and oxygen atoms in total. The van der Waals surface area contributed by atoms with E-state index in [-0.39, 0.29) is 6.61 Å². The predicted molar refractivity (Wildman–Crippen MR) is 69.2 cm³/mol. The Morgan fingerprint density at radius 1 is 1.17 bits per heavy atom. The zero-order chi connectivity index (χ0) is 12.8. The first-order valence-electron chi connectivity index (χ1n) is 5.67. The van der Waals surface area contributed by atoms with Crippen molar-refractivity contribution in [2.75, 3.05) is 17.8 Å². The van der Waals surface area contributed by atoms with Gasteiger partial charge in [0.05, 0.1) is 0 Å². The Morgan fingerprint density at radius 2 is 1.94 bits per heavy atom. The SMILES string of the molecule is OCCc1ccc(Nc2nnc(CCCl)o2)cc1. The van der Waals surface area contributed by atoms with Gasteiger partial charge in [0.15, 0.2) is 0 Å². The summed E-state index contributed by atoms with van der Waals surface area (Å²) in [5, 5.41) is 19.5. The van der Waals surface area contributed by atoms with Gasteiger partial charge in [-0.2, -0.15) is 0 Å². The van der Waals surface area contributed by atoms with E-state index >= 15 is 0 Å². The fraction of sp³-hybridized carbons (Fsp3) is 0.333. The summed E-state index contributed by atoms with van der Waals surface area (Å²) in [6.07, 6.45) is 1.21. The van der Waals surface area contributed by atoms with Crippen LogP contribution in [0.2, 0.25) is 0 Å². The molecule has 0 bridgehead atoms. The number of rotatable bonds is 6. The van der Waals surface area contributed by atoms with E-state index in [9.17, 15) is 0 Å². The third-order valence-corrected chi connectivity index (χ3v) is 2.57. The van der Waals surface area contributed by atoms with Crippen LogP contribution in [0.4, 0.5) is 11.7 Å². The molecular weight excluding hydrogens is 254 g/mol. The average molecular weight is 268 g/mol. The molecule has 0 aliphatic rings. The third-order valence-electron chi connectivity index (χ3n) is 2.38. The Labute approximate surface area is 110 Å². The molecule has 2 aromatic rings. The largest absolute Gasteiger partial charge is 0.408 e. The zero-order valence-electron chi connectivity index (χ0n) is 9.77. The molecule has 0 spiro atoms. The maximum atomic E-state index is 8.82. The molecule has 2 rings (SSSR count). The monoisotopic (exact) mass is 267 g/mol. The van der Waals surface area contributed by atoms with E-state index < -0.39 is 0 Å². The highest BCUT2D eigenvalue weighted by atomic mass is 35.5. The standard InChI is InChI=1S/C12H14ClN3O2/c13-7-5-11-15-16-12(18-11)14-10-3-1-9(2-4-10)6-8-17/h1-4,17H,5-8H2,(H,14,16). The highest BCUT2D eigenvalue weighted by molar-refractivity contribution is 6.17. The minimum Gasteiger partial charge on any atom is -0.408 e. The van der Waals surface area contributed by atoms with Crippen molar-refractivity contribution >= 4 is 23.3 Å². The van der Waals surface area contributed by atoms with Gasteiger partial charge in [0, 0.05) is 24.6 Å². The summed E-state index contributed by atoms with van der Waals surface area (Å²) < 4.78 is 5.35. The molecule has 1 heterocycles. The van der Waals surface area contributed by atoms with Gasteiger partial charge in [-0.05, 0) is 24.1 Å². The van der Waals surface area contributed by atoms with Crippen LogP contribution in [-0.2, 0) is 12.8 Å². The number of halogens is 1. The van der Waals surface area contributed by atoms with Crippen LogP contribution in [0.1, 0.15) is 11.5 Å². The number of benzene rings is 1. The first-order valence-corrected chi connectivity index (χ1v) is 6.20. The van der Waals surface area contributed by atoms with E-state index in [0.717, 1.165) is 11.3 Å². The van der Waals surface area contributed by atoms with E-state index in [1.165, 1.54) is 0 Å². The quantitative estimate of drug-likeness (QED) is 0.785. The lowest BCUT2D eigenvalue weighted by molar-refractivity contribution is 0.299. The number of anilines is 2. The molecule has 96 valence electrons. The minimum atomic E-state index is 0.151. The van der Waals surface area contributed by atoms with Crippen LogP contribution in [0.5, 0.6) is 0 Å². The number of nitrogens with zero attached hydrogens (tertiary/aromatic N) is 2. The summed E-state index contributed by atoms with van der Waals surface area (Å²) >= 11 is 5.58. The second-order valence-electron chi connectivity index (χ2n) is 3.74. The fourth-order valence-electron chi connectivity index (χ4n) is 1.49. The Balaban J connectivity index is 1.99. The first-order chi connectivity index (χ1) is 8.81. The molecule has 18 heavy (non-hydrogen) atoms. The summed E-state index contributed by atoms with van der Waals surface area (Å²) in [6, 6.07) is 8.03. The second kappa shape index (κ2) is 6.37. The topological polar surface area (TPSA) is 71.2 Å². The normalized spacial score (nSPS) is 10.6. The smallest absolute Gasteiger partial charge is 0.320 e. The van der Waals surface area contributed by atoms with Gasteiger partial charge in [-0.1, -0.05) is 17.2 Å². The Bertz CT molecular complexity index is 484. The maximum absolute atomic E-state index is 8.82. The molecule has 0 fully saturated rings. The van der Waals surface area contributed by atoms with Crippen molar-refractivity contribution < 1.29 is 9.52 Å². The number of alkyl halides is 1. The Hall–Kier alpha value is -1.59. The average Bonchev–Trinajstić information content (AvgIpc) is 2.80. The molecule has 6 heteroatoms.